The van der Waals surface area contributed by atoms with Crippen molar-refractivity contribution in [3.8, 4) is 17.0 Å². The molecule has 0 unspecified atom stereocenters. The molecule has 0 fully saturated rings. The van der Waals surface area contributed by atoms with Crippen LogP contribution >= 0.6 is 28.3 Å². The van der Waals surface area contributed by atoms with E-state index in [1.165, 1.54) is 11.3 Å². The number of hydrogen-bond donors (Lipinski definition) is 2. The molecule has 0 aliphatic rings. The standard InChI is InChI=1S/C21H22N4O2S.BrH/c1-3-14-25-19(16-10-12-18(13-11-16)27-4-2)15-28-21(25)24-23-20(26)22-17-8-6-5-7-9-17;/h3,5-13,15H,1,4,14H2,2H3,(H2,22,23,26);1H/b24-21-;. The normalized spacial score (nSPS) is 10.7. The van der Waals surface area contributed by atoms with Crippen molar-refractivity contribution in [1.29, 1.82) is 0 Å². The molecule has 6 nitrogen and oxygen atoms in total. The van der Waals surface area contributed by atoms with Gasteiger partial charge in [-0.3, -0.25) is 0 Å². The minimum Gasteiger partial charge on any atom is -0.494 e. The average Bonchev–Trinajstić information content (AvgIpc) is 3.11. The van der Waals surface area contributed by atoms with Gasteiger partial charge in [-0.1, -0.05) is 24.3 Å². The van der Waals surface area contributed by atoms with Crippen molar-refractivity contribution in [3.05, 3.63) is 77.4 Å². The molecule has 0 spiro atoms. The van der Waals surface area contributed by atoms with E-state index >= 15 is 0 Å². The minimum atomic E-state index is -0.396. The third kappa shape index (κ3) is 6.07. The van der Waals surface area contributed by atoms with E-state index in [1.54, 1.807) is 6.08 Å². The molecule has 1 heterocycles. The first-order chi connectivity index (χ1) is 13.7. The largest absolute Gasteiger partial charge is 0.494 e. The second-order valence-corrected chi connectivity index (χ2v) is 6.64. The highest BCUT2D eigenvalue weighted by Crippen LogP contribution is 2.23. The number of halogens is 1. The summed E-state index contributed by atoms with van der Waals surface area (Å²) in [5, 5.41) is 9.01. The molecule has 8 heteroatoms. The Balaban J connectivity index is 0.00000300. The summed E-state index contributed by atoms with van der Waals surface area (Å²) in [4.78, 5) is 12.7. The third-order valence-corrected chi connectivity index (χ3v) is 4.72. The molecule has 0 radical (unpaired) electrons. The summed E-state index contributed by atoms with van der Waals surface area (Å²) in [6.07, 6.45) is 1.80. The first kappa shape index (κ1) is 22.4. The number of anilines is 1. The highest BCUT2D eigenvalue weighted by Gasteiger charge is 2.08. The molecule has 2 N–H and O–H groups in total. The fourth-order valence-electron chi connectivity index (χ4n) is 2.62. The molecule has 0 aliphatic heterocycles. The zero-order chi connectivity index (χ0) is 19.8. The van der Waals surface area contributed by atoms with E-state index in [2.05, 4.69) is 22.4 Å². The van der Waals surface area contributed by atoms with Crippen LogP contribution in [0.1, 0.15) is 6.92 Å². The summed E-state index contributed by atoms with van der Waals surface area (Å²) in [6, 6.07) is 16.7. The van der Waals surface area contributed by atoms with Crippen LogP contribution in [0.25, 0.3) is 11.3 Å². The molecule has 0 saturated carbocycles. The van der Waals surface area contributed by atoms with Gasteiger partial charge in [-0.2, -0.15) is 0 Å². The molecule has 2 aromatic carbocycles. The fraction of sp³-hybridized carbons (Fsp3) is 0.143. The molecule has 0 saturated heterocycles. The maximum absolute atomic E-state index is 12.1. The lowest BCUT2D eigenvalue weighted by Gasteiger charge is -2.08. The first-order valence-corrected chi connectivity index (χ1v) is 9.77. The van der Waals surface area contributed by atoms with Gasteiger partial charge < -0.3 is 14.6 Å². The number of rotatable bonds is 7. The van der Waals surface area contributed by atoms with Gasteiger partial charge in [0.05, 0.1) is 12.3 Å². The molecular weight excluding hydrogens is 452 g/mol. The number of amides is 2. The van der Waals surface area contributed by atoms with Crippen LogP contribution < -0.4 is 20.3 Å². The van der Waals surface area contributed by atoms with Crippen molar-refractivity contribution in [3.63, 3.8) is 0 Å². The van der Waals surface area contributed by atoms with Gasteiger partial charge in [0.15, 0.2) is 0 Å². The van der Waals surface area contributed by atoms with Crippen LogP contribution in [0.2, 0.25) is 0 Å². The van der Waals surface area contributed by atoms with Crippen LogP contribution in [-0.2, 0) is 6.54 Å². The van der Waals surface area contributed by atoms with E-state index in [9.17, 15) is 4.79 Å². The Labute approximate surface area is 184 Å². The quantitative estimate of drug-likeness (QED) is 0.373. The monoisotopic (exact) mass is 474 g/mol. The smallest absolute Gasteiger partial charge is 0.339 e. The van der Waals surface area contributed by atoms with Crippen LogP contribution in [0.3, 0.4) is 0 Å². The molecule has 0 bridgehead atoms. The van der Waals surface area contributed by atoms with E-state index < -0.39 is 6.03 Å². The highest BCUT2D eigenvalue weighted by atomic mass is 79.9. The fourth-order valence-corrected chi connectivity index (χ4v) is 3.50. The Kier molecular flexibility index (Phi) is 8.69. The van der Waals surface area contributed by atoms with E-state index in [4.69, 9.17) is 4.74 Å². The van der Waals surface area contributed by atoms with Crippen molar-refractivity contribution in [2.75, 3.05) is 11.9 Å². The van der Waals surface area contributed by atoms with Crippen molar-refractivity contribution in [1.82, 2.24) is 9.99 Å². The van der Waals surface area contributed by atoms with Gasteiger partial charge in [0.2, 0.25) is 4.80 Å². The Morgan fingerprint density at radius 1 is 1.21 bits per heavy atom. The van der Waals surface area contributed by atoms with Crippen molar-refractivity contribution in [2.24, 2.45) is 5.10 Å². The van der Waals surface area contributed by atoms with E-state index in [-0.39, 0.29) is 17.0 Å². The molecule has 0 aliphatic carbocycles. The zero-order valence-electron chi connectivity index (χ0n) is 16.0. The SMILES string of the molecule is Br.C=CCn1c(-c2ccc(OCC)cc2)cs/c1=N\NC(=O)Nc1ccccc1. The summed E-state index contributed by atoms with van der Waals surface area (Å²) in [5.41, 5.74) is 5.29. The summed E-state index contributed by atoms with van der Waals surface area (Å²) < 4.78 is 7.50. The Bertz CT molecular complexity index is 998. The second kappa shape index (κ2) is 11.2. The summed E-state index contributed by atoms with van der Waals surface area (Å²) in [6.45, 7) is 6.99. The van der Waals surface area contributed by atoms with Gasteiger partial charge in [0.1, 0.15) is 5.75 Å². The molecule has 0 atom stereocenters. The molecule has 1 aromatic heterocycles. The van der Waals surface area contributed by atoms with Crippen LogP contribution in [-0.4, -0.2) is 17.2 Å². The lowest BCUT2D eigenvalue weighted by molar-refractivity contribution is 0.252. The number of thiazole rings is 1. The van der Waals surface area contributed by atoms with Gasteiger partial charge in [0.25, 0.3) is 0 Å². The lowest BCUT2D eigenvalue weighted by atomic mass is 10.1. The summed E-state index contributed by atoms with van der Waals surface area (Å²) >= 11 is 1.45. The van der Waals surface area contributed by atoms with Gasteiger partial charge >= 0.3 is 6.03 Å². The van der Waals surface area contributed by atoms with E-state index in [0.717, 1.165) is 17.0 Å². The highest BCUT2D eigenvalue weighted by molar-refractivity contribution is 8.93. The Morgan fingerprint density at radius 3 is 2.59 bits per heavy atom. The van der Waals surface area contributed by atoms with Gasteiger partial charge in [-0.25, -0.2) is 10.2 Å². The van der Waals surface area contributed by atoms with Crippen molar-refractivity contribution < 1.29 is 9.53 Å². The van der Waals surface area contributed by atoms with Gasteiger partial charge in [-0.15, -0.1) is 40.0 Å². The van der Waals surface area contributed by atoms with Crippen molar-refractivity contribution in [2.45, 2.75) is 13.5 Å². The number of urea groups is 1. The third-order valence-electron chi connectivity index (χ3n) is 3.86. The number of hydrogen-bond acceptors (Lipinski definition) is 4. The summed E-state index contributed by atoms with van der Waals surface area (Å²) in [5.74, 6) is 0.834. The number of allylic oxidation sites excluding steroid dienone is 1. The molecule has 29 heavy (non-hydrogen) atoms. The average molecular weight is 475 g/mol. The Morgan fingerprint density at radius 2 is 1.93 bits per heavy atom. The maximum atomic E-state index is 12.1. The number of ether oxygens (including phenoxy) is 1. The number of carbonyl (C=O) groups is 1. The lowest BCUT2D eigenvalue weighted by Crippen LogP contribution is -2.28. The summed E-state index contributed by atoms with van der Waals surface area (Å²) in [7, 11) is 0. The predicted octanol–water partition coefficient (Wildman–Crippen LogP) is 5.02. The molecule has 2 amide bonds. The van der Waals surface area contributed by atoms with Crippen LogP contribution in [0, 0.1) is 0 Å². The number of nitrogens with one attached hydrogen (secondary N) is 2. The van der Waals surface area contributed by atoms with Gasteiger partial charge in [0, 0.05) is 17.6 Å². The maximum Gasteiger partial charge on any atom is 0.339 e. The van der Waals surface area contributed by atoms with Gasteiger partial charge in [-0.05, 0) is 48.9 Å². The van der Waals surface area contributed by atoms with E-state index in [0.29, 0.717) is 23.6 Å². The Hall–Kier alpha value is -2.84. The van der Waals surface area contributed by atoms with Crippen molar-refractivity contribution >= 4 is 40.0 Å². The number of aromatic nitrogens is 1. The zero-order valence-corrected chi connectivity index (χ0v) is 18.5. The van der Waals surface area contributed by atoms with Crippen LogP contribution in [0.15, 0.2) is 77.7 Å². The number of para-hydroxylation sites is 1. The number of nitrogens with zero attached hydrogens (tertiary/aromatic N) is 2. The molecule has 3 aromatic rings. The number of benzene rings is 2. The van der Waals surface area contributed by atoms with E-state index in [1.807, 2.05) is 71.5 Å². The minimum absolute atomic E-state index is 0. The molecular formula is C21H23BrN4O2S. The molecule has 3 rings (SSSR count). The number of carbonyl (C=O) groups excluding carboxylic acids is 1. The topological polar surface area (TPSA) is 67.6 Å². The second-order valence-electron chi connectivity index (χ2n) is 5.80. The first-order valence-electron chi connectivity index (χ1n) is 8.89. The molecule has 152 valence electrons. The predicted molar refractivity (Wildman–Crippen MR) is 124 cm³/mol. The van der Waals surface area contributed by atoms with Crippen LogP contribution in [0.4, 0.5) is 10.5 Å². The van der Waals surface area contributed by atoms with Crippen LogP contribution in [0.5, 0.6) is 5.75 Å².